The first-order chi connectivity index (χ1) is 7.58. The van der Waals surface area contributed by atoms with Crippen LogP contribution in [-0.2, 0) is 6.54 Å². The van der Waals surface area contributed by atoms with Crippen LogP contribution in [0.3, 0.4) is 0 Å². The maximum absolute atomic E-state index is 10.9. The minimum atomic E-state index is -0.969. The summed E-state index contributed by atoms with van der Waals surface area (Å²) >= 11 is 7.26. The van der Waals surface area contributed by atoms with Crippen LogP contribution in [0.2, 0.25) is 4.34 Å². The largest absolute Gasteiger partial charge is 0.477 e. The number of carboxylic acid groups (broad SMARTS) is 1. The maximum atomic E-state index is 10.9. The molecule has 0 radical (unpaired) electrons. The summed E-state index contributed by atoms with van der Waals surface area (Å²) in [5, 5.41) is 8.98. The summed E-state index contributed by atoms with van der Waals surface area (Å²) in [6.07, 6.45) is 1.37. The highest BCUT2D eigenvalue weighted by Crippen LogP contribution is 2.23. The summed E-state index contributed by atoms with van der Waals surface area (Å²) in [4.78, 5) is 15.9. The monoisotopic (exact) mass is 256 g/mol. The van der Waals surface area contributed by atoms with Gasteiger partial charge >= 0.3 is 5.97 Å². The number of aryl methyl sites for hydroxylation is 1. The fourth-order valence-electron chi connectivity index (χ4n) is 1.43. The van der Waals surface area contributed by atoms with E-state index in [9.17, 15) is 4.79 Å². The molecule has 0 fully saturated rings. The van der Waals surface area contributed by atoms with Crippen molar-refractivity contribution < 1.29 is 9.90 Å². The highest BCUT2D eigenvalue weighted by Gasteiger charge is 2.13. The van der Waals surface area contributed by atoms with Crippen molar-refractivity contribution in [2.75, 3.05) is 0 Å². The third kappa shape index (κ3) is 2.10. The lowest BCUT2D eigenvalue weighted by atomic mass is 10.4. The Morgan fingerprint density at radius 1 is 1.62 bits per heavy atom. The van der Waals surface area contributed by atoms with Crippen LogP contribution in [0.1, 0.15) is 21.2 Å². The second-order valence-electron chi connectivity index (χ2n) is 3.29. The van der Waals surface area contributed by atoms with Gasteiger partial charge in [0, 0.05) is 4.88 Å². The first-order valence-electron chi connectivity index (χ1n) is 4.57. The van der Waals surface area contributed by atoms with Crippen LogP contribution in [0.5, 0.6) is 0 Å². The third-order valence-corrected chi connectivity index (χ3v) is 3.43. The molecular weight excluding hydrogens is 248 g/mol. The van der Waals surface area contributed by atoms with Gasteiger partial charge in [-0.3, -0.25) is 0 Å². The molecule has 0 atom stereocenters. The van der Waals surface area contributed by atoms with Crippen LogP contribution < -0.4 is 0 Å². The molecule has 0 saturated heterocycles. The molecule has 2 aromatic heterocycles. The summed E-state index contributed by atoms with van der Waals surface area (Å²) in [5.74, 6) is -0.287. The Labute approximate surface area is 101 Å². The van der Waals surface area contributed by atoms with Gasteiger partial charge in [-0.15, -0.1) is 11.3 Å². The van der Waals surface area contributed by atoms with Crippen LogP contribution in [-0.4, -0.2) is 20.6 Å². The van der Waals surface area contributed by atoms with Gasteiger partial charge in [-0.25, -0.2) is 9.78 Å². The van der Waals surface area contributed by atoms with Gasteiger partial charge in [-0.2, -0.15) is 0 Å². The Balaban J connectivity index is 2.33. The number of carboxylic acids is 1. The molecule has 0 aliphatic heterocycles. The normalized spacial score (nSPS) is 10.6. The van der Waals surface area contributed by atoms with E-state index in [1.54, 1.807) is 17.6 Å². The Morgan fingerprint density at radius 3 is 2.94 bits per heavy atom. The molecule has 0 bridgehead atoms. The van der Waals surface area contributed by atoms with E-state index >= 15 is 0 Å². The van der Waals surface area contributed by atoms with E-state index in [0.29, 0.717) is 16.7 Å². The third-order valence-electron chi connectivity index (χ3n) is 2.22. The minimum absolute atomic E-state index is 0.196. The zero-order valence-corrected chi connectivity index (χ0v) is 10.0. The van der Waals surface area contributed by atoms with Crippen molar-refractivity contribution >= 4 is 28.9 Å². The van der Waals surface area contributed by atoms with Gasteiger partial charge in [0.25, 0.3) is 0 Å². The van der Waals surface area contributed by atoms with Crippen molar-refractivity contribution in [1.29, 1.82) is 0 Å². The molecule has 84 valence electrons. The fourth-order valence-corrected chi connectivity index (χ4v) is 2.51. The minimum Gasteiger partial charge on any atom is -0.477 e. The lowest BCUT2D eigenvalue weighted by Gasteiger charge is -2.05. The molecule has 0 saturated carbocycles. The molecule has 0 aliphatic rings. The van der Waals surface area contributed by atoms with E-state index in [0.717, 1.165) is 4.88 Å². The van der Waals surface area contributed by atoms with Crippen LogP contribution in [0.4, 0.5) is 0 Å². The van der Waals surface area contributed by atoms with Crippen LogP contribution in [0, 0.1) is 6.92 Å². The van der Waals surface area contributed by atoms with Crippen molar-refractivity contribution in [3.63, 3.8) is 0 Å². The summed E-state index contributed by atoms with van der Waals surface area (Å²) in [7, 11) is 0. The molecule has 0 aliphatic carbocycles. The average molecular weight is 257 g/mol. The highest BCUT2D eigenvalue weighted by atomic mass is 35.5. The number of carbonyl (C=O) groups is 1. The summed E-state index contributed by atoms with van der Waals surface area (Å²) < 4.78 is 2.36. The average Bonchev–Trinajstić information content (AvgIpc) is 2.76. The number of imidazole rings is 1. The molecule has 0 aromatic carbocycles. The van der Waals surface area contributed by atoms with Crippen molar-refractivity contribution in [1.82, 2.24) is 9.55 Å². The second-order valence-corrected chi connectivity index (χ2v) is 5.09. The Kier molecular flexibility index (Phi) is 2.98. The number of thiophene rings is 1. The van der Waals surface area contributed by atoms with Gasteiger partial charge in [-0.05, 0) is 19.1 Å². The maximum Gasteiger partial charge on any atom is 0.354 e. The number of aromatic nitrogens is 2. The molecule has 2 heterocycles. The van der Waals surface area contributed by atoms with Crippen molar-refractivity contribution in [3.05, 3.63) is 39.1 Å². The van der Waals surface area contributed by atoms with Crippen molar-refractivity contribution in [2.24, 2.45) is 0 Å². The standard InChI is InChI=1S/C10H9ClN2O2S/c1-6-12-4-8(10(14)15)13(6)5-7-2-3-9(11)16-7/h2-4H,5H2,1H3,(H,14,15). The molecule has 1 N–H and O–H groups in total. The van der Waals surface area contributed by atoms with E-state index in [1.807, 2.05) is 6.07 Å². The zero-order valence-electron chi connectivity index (χ0n) is 8.48. The SMILES string of the molecule is Cc1ncc(C(=O)O)n1Cc1ccc(Cl)s1. The van der Waals surface area contributed by atoms with Crippen LogP contribution >= 0.6 is 22.9 Å². The lowest BCUT2D eigenvalue weighted by Crippen LogP contribution is -2.10. The summed E-state index contributed by atoms with van der Waals surface area (Å²) in [6.45, 7) is 2.27. The van der Waals surface area contributed by atoms with Gasteiger partial charge in [0.2, 0.25) is 0 Å². The Bertz CT molecular complexity index is 533. The number of hydrogen-bond acceptors (Lipinski definition) is 3. The molecule has 0 spiro atoms. The summed E-state index contributed by atoms with van der Waals surface area (Å²) in [5.41, 5.74) is 0.196. The lowest BCUT2D eigenvalue weighted by molar-refractivity contribution is 0.0685. The first kappa shape index (κ1) is 11.2. The van der Waals surface area contributed by atoms with Gasteiger partial charge < -0.3 is 9.67 Å². The van der Waals surface area contributed by atoms with Crippen molar-refractivity contribution in [3.8, 4) is 0 Å². The van der Waals surface area contributed by atoms with Gasteiger partial charge in [-0.1, -0.05) is 11.6 Å². The molecule has 0 unspecified atom stereocenters. The Hall–Kier alpha value is -1.33. The quantitative estimate of drug-likeness (QED) is 0.919. The van der Waals surface area contributed by atoms with E-state index in [4.69, 9.17) is 16.7 Å². The second kappa shape index (κ2) is 4.27. The summed E-state index contributed by atoms with van der Waals surface area (Å²) in [6, 6.07) is 3.69. The van der Waals surface area contributed by atoms with Crippen LogP contribution in [0.15, 0.2) is 18.3 Å². The van der Waals surface area contributed by atoms with Crippen LogP contribution in [0.25, 0.3) is 0 Å². The number of aromatic carboxylic acids is 1. The molecular formula is C10H9ClN2O2S. The molecule has 16 heavy (non-hydrogen) atoms. The first-order valence-corrected chi connectivity index (χ1v) is 5.77. The van der Waals surface area contributed by atoms with E-state index in [2.05, 4.69) is 4.98 Å². The van der Waals surface area contributed by atoms with Crippen molar-refractivity contribution in [2.45, 2.75) is 13.5 Å². The van der Waals surface area contributed by atoms with Gasteiger partial charge in [0.05, 0.1) is 17.1 Å². The predicted molar refractivity (Wildman–Crippen MR) is 62.4 cm³/mol. The molecule has 2 rings (SSSR count). The van der Waals surface area contributed by atoms with Gasteiger partial charge in [0.1, 0.15) is 11.5 Å². The fraction of sp³-hybridized carbons (Fsp3) is 0.200. The van der Waals surface area contributed by atoms with Gasteiger partial charge in [0.15, 0.2) is 0 Å². The predicted octanol–water partition coefficient (Wildman–Crippen LogP) is 2.65. The molecule has 2 aromatic rings. The topological polar surface area (TPSA) is 55.1 Å². The zero-order chi connectivity index (χ0) is 11.7. The van der Waals surface area contributed by atoms with E-state index in [1.165, 1.54) is 17.5 Å². The number of nitrogens with zero attached hydrogens (tertiary/aromatic N) is 2. The van der Waals surface area contributed by atoms with E-state index < -0.39 is 5.97 Å². The molecule has 0 amide bonds. The number of hydrogen-bond donors (Lipinski definition) is 1. The molecule has 4 nitrogen and oxygen atoms in total. The number of halogens is 1. The Morgan fingerprint density at radius 2 is 2.38 bits per heavy atom. The smallest absolute Gasteiger partial charge is 0.354 e. The number of rotatable bonds is 3. The molecule has 6 heteroatoms. The van der Waals surface area contributed by atoms with E-state index in [-0.39, 0.29) is 5.69 Å². The highest BCUT2D eigenvalue weighted by molar-refractivity contribution is 7.16.